The second-order valence-electron chi connectivity index (χ2n) is 3.82. The third kappa shape index (κ3) is 4.87. The molecule has 7 nitrogen and oxygen atoms in total. The van der Waals surface area contributed by atoms with Crippen LogP contribution in [0.2, 0.25) is 5.02 Å². The highest BCUT2D eigenvalue weighted by Crippen LogP contribution is 2.22. The second-order valence-corrected chi connectivity index (χ2v) is 4.23. The quantitative estimate of drug-likeness (QED) is 0.605. The number of hydrogen-bond donors (Lipinski definition) is 4. The molecular weight excluding hydrogens is 286 g/mol. The molecule has 0 aliphatic heterocycles. The zero-order valence-corrected chi connectivity index (χ0v) is 11.5. The molecule has 20 heavy (non-hydrogen) atoms. The summed E-state index contributed by atoms with van der Waals surface area (Å²) in [7, 11) is 1.49. The van der Waals surface area contributed by atoms with Crippen molar-refractivity contribution in [3.63, 3.8) is 0 Å². The first kappa shape index (κ1) is 15.9. The van der Waals surface area contributed by atoms with Crippen molar-refractivity contribution < 1.29 is 19.5 Å². The molecule has 0 saturated carbocycles. The van der Waals surface area contributed by atoms with E-state index in [2.05, 4.69) is 16.0 Å². The minimum Gasteiger partial charge on any atom is -0.478 e. The molecule has 0 heterocycles. The van der Waals surface area contributed by atoms with Crippen LogP contribution >= 0.6 is 11.6 Å². The summed E-state index contributed by atoms with van der Waals surface area (Å²) in [5, 5.41) is 16.6. The second kappa shape index (κ2) is 7.46. The number of halogens is 1. The van der Waals surface area contributed by atoms with Crippen LogP contribution in [0.4, 0.5) is 5.69 Å². The Morgan fingerprint density at radius 3 is 2.45 bits per heavy atom. The van der Waals surface area contributed by atoms with Crippen LogP contribution in [0, 0.1) is 0 Å². The van der Waals surface area contributed by atoms with Gasteiger partial charge in [-0.25, -0.2) is 4.79 Å². The van der Waals surface area contributed by atoms with E-state index >= 15 is 0 Å². The van der Waals surface area contributed by atoms with Crippen LogP contribution < -0.4 is 16.0 Å². The van der Waals surface area contributed by atoms with Gasteiger partial charge >= 0.3 is 5.97 Å². The van der Waals surface area contributed by atoms with Crippen molar-refractivity contribution in [3.05, 3.63) is 28.8 Å². The predicted octanol–water partition coefficient (Wildman–Crippen LogP) is 0.312. The molecule has 1 aromatic carbocycles. The maximum absolute atomic E-state index is 11.6. The molecule has 0 bridgehead atoms. The highest BCUT2D eigenvalue weighted by Gasteiger charge is 2.10. The first-order valence-electron chi connectivity index (χ1n) is 5.68. The van der Waals surface area contributed by atoms with E-state index in [1.807, 2.05) is 0 Å². The van der Waals surface area contributed by atoms with Crippen LogP contribution in [0.15, 0.2) is 18.2 Å². The average molecular weight is 300 g/mol. The van der Waals surface area contributed by atoms with Crippen molar-refractivity contribution in [3.8, 4) is 0 Å². The predicted molar refractivity (Wildman–Crippen MR) is 74.0 cm³/mol. The average Bonchev–Trinajstić information content (AvgIpc) is 2.40. The standard InChI is InChI=1S/C12H14ClN3O4/c1-14-10(17)5-15-6-11(18)16-9-4-7(12(19)20)2-3-8(9)13/h2-4,15H,5-6H2,1H3,(H,14,17)(H,16,18)(H,19,20). The van der Waals surface area contributed by atoms with Crippen molar-refractivity contribution in [1.82, 2.24) is 10.6 Å². The molecule has 108 valence electrons. The number of likely N-dealkylation sites (N-methyl/N-ethyl adjacent to an activating group) is 1. The molecule has 0 radical (unpaired) electrons. The number of benzene rings is 1. The molecule has 1 aromatic rings. The fraction of sp³-hybridized carbons (Fsp3) is 0.250. The Morgan fingerprint density at radius 1 is 1.20 bits per heavy atom. The largest absolute Gasteiger partial charge is 0.478 e. The molecular formula is C12H14ClN3O4. The topological polar surface area (TPSA) is 108 Å². The van der Waals surface area contributed by atoms with E-state index in [9.17, 15) is 14.4 Å². The lowest BCUT2D eigenvalue weighted by molar-refractivity contribution is -0.120. The number of rotatable bonds is 6. The highest BCUT2D eigenvalue weighted by atomic mass is 35.5. The Morgan fingerprint density at radius 2 is 1.85 bits per heavy atom. The van der Waals surface area contributed by atoms with Gasteiger partial charge in [-0.05, 0) is 18.2 Å². The molecule has 0 aliphatic rings. The zero-order valence-electron chi connectivity index (χ0n) is 10.7. The Balaban J connectivity index is 2.59. The number of carboxylic acids is 1. The van der Waals surface area contributed by atoms with E-state index in [0.717, 1.165) is 0 Å². The van der Waals surface area contributed by atoms with E-state index in [-0.39, 0.29) is 35.3 Å². The number of hydrogen-bond acceptors (Lipinski definition) is 4. The van der Waals surface area contributed by atoms with Gasteiger partial charge in [-0.2, -0.15) is 0 Å². The van der Waals surface area contributed by atoms with Gasteiger partial charge in [-0.1, -0.05) is 11.6 Å². The molecule has 0 unspecified atom stereocenters. The Kier molecular flexibility index (Phi) is 5.95. The summed E-state index contributed by atoms with van der Waals surface area (Å²) in [5.74, 6) is -1.79. The number of aromatic carboxylic acids is 1. The van der Waals surface area contributed by atoms with Crippen molar-refractivity contribution >= 4 is 35.1 Å². The van der Waals surface area contributed by atoms with Crippen LogP contribution in [0.5, 0.6) is 0 Å². The number of nitrogens with one attached hydrogen (secondary N) is 3. The van der Waals surface area contributed by atoms with Crippen LogP contribution in [0.1, 0.15) is 10.4 Å². The Labute approximate surface area is 120 Å². The molecule has 4 N–H and O–H groups in total. The number of amides is 2. The van der Waals surface area contributed by atoms with Gasteiger partial charge in [0.25, 0.3) is 0 Å². The van der Waals surface area contributed by atoms with Crippen molar-refractivity contribution in [1.29, 1.82) is 0 Å². The van der Waals surface area contributed by atoms with E-state index in [1.54, 1.807) is 0 Å². The normalized spacial score (nSPS) is 9.90. The smallest absolute Gasteiger partial charge is 0.335 e. The third-order valence-electron chi connectivity index (χ3n) is 2.34. The Bertz CT molecular complexity index is 533. The first-order valence-corrected chi connectivity index (χ1v) is 6.06. The lowest BCUT2D eigenvalue weighted by atomic mass is 10.2. The van der Waals surface area contributed by atoms with Gasteiger partial charge < -0.3 is 15.7 Å². The SMILES string of the molecule is CNC(=O)CNCC(=O)Nc1cc(C(=O)O)ccc1Cl. The molecule has 0 saturated heterocycles. The lowest BCUT2D eigenvalue weighted by Gasteiger charge is -2.08. The summed E-state index contributed by atoms with van der Waals surface area (Å²) < 4.78 is 0. The number of anilines is 1. The summed E-state index contributed by atoms with van der Waals surface area (Å²) in [6.07, 6.45) is 0. The Hall–Kier alpha value is -2.12. The monoisotopic (exact) mass is 299 g/mol. The van der Waals surface area contributed by atoms with Crippen LogP contribution in [-0.2, 0) is 9.59 Å². The van der Waals surface area contributed by atoms with Gasteiger partial charge in [-0.15, -0.1) is 0 Å². The van der Waals surface area contributed by atoms with Crippen LogP contribution in [0.25, 0.3) is 0 Å². The third-order valence-corrected chi connectivity index (χ3v) is 2.67. The van der Waals surface area contributed by atoms with Gasteiger partial charge in [0.05, 0.1) is 29.4 Å². The van der Waals surface area contributed by atoms with Crippen molar-refractivity contribution in [2.24, 2.45) is 0 Å². The van der Waals surface area contributed by atoms with Gasteiger partial charge in [0.15, 0.2) is 0 Å². The van der Waals surface area contributed by atoms with Crippen LogP contribution in [-0.4, -0.2) is 43.0 Å². The van der Waals surface area contributed by atoms with Gasteiger partial charge in [0, 0.05) is 7.05 Å². The van der Waals surface area contributed by atoms with Gasteiger partial charge in [0.1, 0.15) is 0 Å². The fourth-order valence-corrected chi connectivity index (χ4v) is 1.49. The minimum absolute atomic E-state index is 0.00676. The summed E-state index contributed by atoms with van der Waals surface area (Å²) in [4.78, 5) is 33.4. The molecule has 0 fully saturated rings. The van der Waals surface area contributed by atoms with E-state index in [1.165, 1.54) is 25.2 Å². The van der Waals surface area contributed by atoms with Crippen molar-refractivity contribution in [2.75, 3.05) is 25.5 Å². The molecule has 0 atom stereocenters. The maximum Gasteiger partial charge on any atom is 0.335 e. The minimum atomic E-state index is -1.12. The molecule has 0 aliphatic carbocycles. The van der Waals surface area contributed by atoms with E-state index in [4.69, 9.17) is 16.7 Å². The van der Waals surface area contributed by atoms with Gasteiger partial charge in [-0.3, -0.25) is 14.9 Å². The highest BCUT2D eigenvalue weighted by molar-refractivity contribution is 6.33. The summed E-state index contributed by atoms with van der Waals surface area (Å²) >= 11 is 5.86. The molecule has 1 rings (SSSR count). The summed E-state index contributed by atoms with van der Waals surface area (Å²) in [6.45, 7) is -0.0894. The molecule has 0 spiro atoms. The maximum atomic E-state index is 11.6. The summed E-state index contributed by atoms with van der Waals surface area (Å²) in [5.41, 5.74) is 0.223. The summed E-state index contributed by atoms with van der Waals surface area (Å²) in [6, 6.07) is 3.99. The number of carboxylic acid groups (broad SMARTS) is 1. The molecule has 0 aromatic heterocycles. The number of carbonyl (C=O) groups is 3. The molecule has 8 heteroatoms. The van der Waals surface area contributed by atoms with Crippen molar-refractivity contribution in [2.45, 2.75) is 0 Å². The van der Waals surface area contributed by atoms with E-state index in [0.29, 0.717) is 0 Å². The van der Waals surface area contributed by atoms with E-state index < -0.39 is 11.9 Å². The lowest BCUT2D eigenvalue weighted by Crippen LogP contribution is -2.36. The molecule has 2 amide bonds. The van der Waals surface area contributed by atoms with Gasteiger partial charge in [0.2, 0.25) is 11.8 Å². The number of carbonyl (C=O) groups excluding carboxylic acids is 2. The van der Waals surface area contributed by atoms with Crippen LogP contribution in [0.3, 0.4) is 0 Å². The first-order chi connectivity index (χ1) is 9.43. The zero-order chi connectivity index (χ0) is 15.1. The fourth-order valence-electron chi connectivity index (χ4n) is 1.33.